The number of hydrogen-bond donors (Lipinski definition) is 0. The van der Waals surface area contributed by atoms with Gasteiger partial charge in [-0.05, 0) is 12.2 Å². The molecule has 58 valence electrons. The Hall–Kier alpha value is -0.190. The van der Waals surface area contributed by atoms with Gasteiger partial charge in [-0.2, -0.15) is 0 Å². The predicted molar refractivity (Wildman–Crippen MR) is 39.7 cm³/mol. The minimum absolute atomic E-state index is 0.534. The zero-order valence-corrected chi connectivity index (χ0v) is 6.65. The van der Waals surface area contributed by atoms with Gasteiger partial charge in [0.05, 0.1) is 13.2 Å². The highest BCUT2D eigenvalue weighted by Crippen LogP contribution is 2.06. The third-order valence-corrected chi connectivity index (χ3v) is 1.49. The van der Waals surface area contributed by atoms with Gasteiger partial charge in [0, 0.05) is 6.42 Å². The van der Waals surface area contributed by atoms with Crippen LogP contribution in [0, 0.1) is 0 Å². The van der Waals surface area contributed by atoms with Crippen LogP contribution in [0.15, 0.2) is 0 Å². The van der Waals surface area contributed by atoms with Gasteiger partial charge < -0.3 is 14.2 Å². The molecule has 0 radical (unpaired) electrons. The third kappa shape index (κ3) is 2.21. The lowest BCUT2D eigenvalue weighted by Crippen LogP contribution is -2.16. The lowest BCUT2D eigenvalue weighted by molar-refractivity contribution is -0.183. The molecule has 0 aliphatic carbocycles. The molecule has 0 saturated carbocycles. The first-order valence-corrected chi connectivity index (χ1v) is 3.66. The van der Waals surface area contributed by atoms with Crippen LogP contribution < -0.4 is 0 Å². The Morgan fingerprint density at radius 3 is 2.70 bits per heavy atom. The van der Waals surface area contributed by atoms with E-state index in [4.69, 9.17) is 26.4 Å². The average Bonchev–Trinajstić information content (AvgIpc) is 2.40. The maximum absolute atomic E-state index is 5.05. The zero-order chi connectivity index (χ0) is 7.40. The molecule has 0 aromatic heterocycles. The molecule has 0 bridgehead atoms. The summed E-state index contributed by atoms with van der Waals surface area (Å²) in [4.78, 5) is 0. The van der Waals surface area contributed by atoms with Crippen molar-refractivity contribution < 1.29 is 14.2 Å². The fourth-order valence-corrected chi connectivity index (χ4v) is 0.674. The maximum Gasteiger partial charge on any atom is 0.316 e. The van der Waals surface area contributed by atoms with Gasteiger partial charge in [0.15, 0.2) is 5.05 Å². The molecule has 1 fully saturated rings. The topological polar surface area (TPSA) is 27.7 Å². The Labute approximate surface area is 65.3 Å². The highest BCUT2D eigenvalue weighted by atomic mass is 32.1. The molecule has 0 aromatic rings. The Bertz CT molecular complexity index is 120. The summed E-state index contributed by atoms with van der Waals surface area (Å²) in [5.74, 6) is 0. The van der Waals surface area contributed by atoms with Crippen molar-refractivity contribution in [2.75, 3.05) is 13.2 Å². The second-order valence-corrected chi connectivity index (χ2v) is 2.33. The molecule has 0 aromatic carbocycles. The van der Waals surface area contributed by atoms with E-state index in [0.29, 0.717) is 18.3 Å². The Balaban J connectivity index is 2.17. The van der Waals surface area contributed by atoms with Crippen molar-refractivity contribution in [3.8, 4) is 0 Å². The Morgan fingerprint density at radius 1 is 1.60 bits per heavy atom. The van der Waals surface area contributed by atoms with E-state index in [1.165, 1.54) is 0 Å². The molecule has 1 aliphatic heterocycles. The van der Waals surface area contributed by atoms with Crippen molar-refractivity contribution in [3.05, 3.63) is 0 Å². The van der Waals surface area contributed by atoms with Gasteiger partial charge in [-0.1, -0.05) is 6.92 Å². The molecule has 0 amide bonds. The molecule has 1 aliphatic rings. The SMILES string of the molecule is CCC(=S)OC1OCCO1. The van der Waals surface area contributed by atoms with Crippen LogP contribution in [0.25, 0.3) is 0 Å². The molecular weight excluding hydrogens is 152 g/mol. The van der Waals surface area contributed by atoms with E-state index in [1.54, 1.807) is 0 Å². The van der Waals surface area contributed by atoms with Gasteiger partial charge in [0.1, 0.15) is 0 Å². The summed E-state index contributed by atoms with van der Waals surface area (Å²) in [6, 6.07) is 0. The van der Waals surface area contributed by atoms with Crippen LogP contribution >= 0.6 is 12.2 Å². The summed E-state index contributed by atoms with van der Waals surface area (Å²) in [5, 5.41) is 0.534. The van der Waals surface area contributed by atoms with Crippen molar-refractivity contribution in [1.29, 1.82) is 0 Å². The highest BCUT2D eigenvalue weighted by Gasteiger charge is 2.17. The Kier molecular flexibility index (Phi) is 3.05. The molecule has 3 nitrogen and oxygen atoms in total. The quantitative estimate of drug-likeness (QED) is 0.568. The molecule has 1 rings (SSSR count). The first kappa shape index (κ1) is 7.91. The third-order valence-electron chi connectivity index (χ3n) is 1.11. The molecule has 1 heterocycles. The summed E-state index contributed by atoms with van der Waals surface area (Å²) in [6.45, 7) is 2.57. The maximum atomic E-state index is 5.05. The van der Waals surface area contributed by atoms with Gasteiger partial charge in [0.2, 0.25) is 0 Å². The summed E-state index contributed by atoms with van der Waals surface area (Å²) in [7, 11) is 0. The fourth-order valence-electron chi connectivity index (χ4n) is 0.595. The van der Waals surface area contributed by atoms with Crippen LogP contribution in [-0.2, 0) is 14.2 Å². The summed E-state index contributed by atoms with van der Waals surface area (Å²) < 4.78 is 15.0. The standard InChI is InChI=1S/C6H10O3S/c1-2-5(10)9-6-7-3-4-8-6/h6H,2-4H2,1H3. The molecule has 0 unspecified atom stereocenters. The van der Waals surface area contributed by atoms with E-state index in [9.17, 15) is 0 Å². The van der Waals surface area contributed by atoms with E-state index < -0.39 is 6.48 Å². The van der Waals surface area contributed by atoms with Gasteiger partial charge in [0.25, 0.3) is 0 Å². The second-order valence-electron chi connectivity index (χ2n) is 1.87. The van der Waals surface area contributed by atoms with Gasteiger partial charge >= 0.3 is 6.48 Å². The molecule has 0 atom stereocenters. The minimum atomic E-state index is -0.549. The predicted octanol–water partition coefficient (Wildman–Crippen LogP) is 1.07. The minimum Gasteiger partial charge on any atom is -0.434 e. The van der Waals surface area contributed by atoms with E-state index in [-0.39, 0.29) is 0 Å². The van der Waals surface area contributed by atoms with Crippen molar-refractivity contribution >= 4 is 17.3 Å². The first-order chi connectivity index (χ1) is 4.83. The van der Waals surface area contributed by atoms with Gasteiger partial charge in [-0.15, -0.1) is 0 Å². The van der Waals surface area contributed by atoms with Crippen LogP contribution in [0.1, 0.15) is 13.3 Å². The lowest BCUT2D eigenvalue weighted by Gasteiger charge is -2.10. The zero-order valence-electron chi connectivity index (χ0n) is 5.83. The largest absolute Gasteiger partial charge is 0.434 e. The first-order valence-electron chi connectivity index (χ1n) is 3.25. The van der Waals surface area contributed by atoms with Crippen molar-refractivity contribution in [2.45, 2.75) is 19.8 Å². The molecule has 0 spiro atoms. The molecule has 1 saturated heterocycles. The van der Waals surface area contributed by atoms with E-state index >= 15 is 0 Å². The molecule has 4 heteroatoms. The average molecular weight is 162 g/mol. The summed E-state index contributed by atoms with van der Waals surface area (Å²) >= 11 is 4.81. The number of ether oxygens (including phenoxy) is 3. The van der Waals surface area contributed by atoms with Crippen molar-refractivity contribution in [3.63, 3.8) is 0 Å². The van der Waals surface area contributed by atoms with Crippen LogP contribution in [-0.4, -0.2) is 24.7 Å². The fraction of sp³-hybridized carbons (Fsp3) is 0.833. The van der Waals surface area contributed by atoms with Gasteiger partial charge in [-0.3, -0.25) is 0 Å². The van der Waals surface area contributed by atoms with Crippen LogP contribution in [0.3, 0.4) is 0 Å². The highest BCUT2D eigenvalue weighted by molar-refractivity contribution is 7.80. The monoisotopic (exact) mass is 162 g/mol. The van der Waals surface area contributed by atoms with Crippen LogP contribution in [0.4, 0.5) is 0 Å². The normalized spacial score (nSPS) is 19.3. The smallest absolute Gasteiger partial charge is 0.316 e. The van der Waals surface area contributed by atoms with Crippen molar-refractivity contribution in [2.24, 2.45) is 0 Å². The number of rotatable bonds is 2. The van der Waals surface area contributed by atoms with Crippen LogP contribution in [0.5, 0.6) is 0 Å². The second kappa shape index (κ2) is 3.85. The lowest BCUT2D eigenvalue weighted by atomic mass is 10.5. The Morgan fingerprint density at radius 2 is 2.20 bits per heavy atom. The van der Waals surface area contributed by atoms with E-state index in [0.717, 1.165) is 6.42 Å². The summed E-state index contributed by atoms with van der Waals surface area (Å²) in [5.41, 5.74) is 0. The molecular formula is C6H10O3S. The van der Waals surface area contributed by atoms with Crippen LogP contribution in [0.2, 0.25) is 0 Å². The molecule has 10 heavy (non-hydrogen) atoms. The number of hydrogen-bond acceptors (Lipinski definition) is 4. The summed E-state index contributed by atoms with van der Waals surface area (Å²) in [6.07, 6.45) is 0.721. The van der Waals surface area contributed by atoms with Gasteiger partial charge in [-0.25, -0.2) is 0 Å². The van der Waals surface area contributed by atoms with Crippen molar-refractivity contribution in [1.82, 2.24) is 0 Å². The van der Waals surface area contributed by atoms with E-state index in [1.807, 2.05) is 6.92 Å². The van der Waals surface area contributed by atoms with E-state index in [2.05, 4.69) is 0 Å². The number of thiocarbonyl (C=S) groups is 1. The molecule has 0 N–H and O–H groups in total.